The van der Waals surface area contributed by atoms with Crippen LogP contribution in [0.25, 0.3) is 77.2 Å². The Balaban J connectivity index is 1.12. The Morgan fingerprint density at radius 1 is 0.365 bits per heavy atom. The second-order valence-electron chi connectivity index (χ2n) is 18.0. The monoisotopic (exact) mass is 809 g/mol. The summed E-state index contributed by atoms with van der Waals surface area (Å²) in [6, 6.07) is 76.2. The fourth-order valence-electron chi connectivity index (χ4n) is 10.5. The number of para-hydroxylation sites is 3. The van der Waals surface area contributed by atoms with Gasteiger partial charge in [-0.3, -0.25) is 0 Å². The molecule has 0 N–H and O–H groups in total. The van der Waals surface area contributed by atoms with E-state index in [9.17, 15) is 0 Å². The van der Waals surface area contributed by atoms with E-state index >= 15 is 0 Å². The second-order valence-corrected chi connectivity index (χ2v) is 18.0. The highest BCUT2D eigenvalue weighted by Gasteiger charge is 2.39. The maximum absolute atomic E-state index is 2.54. The lowest BCUT2D eigenvalue weighted by Gasteiger charge is -2.42. The topological polar surface area (TPSA) is 13.1 Å². The Morgan fingerprint density at radius 3 is 1.49 bits per heavy atom. The maximum Gasteiger partial charge on any atom is 0.0575 e. The van der Waals surface area contributed by atoms with Crippen molar-refractivity contribution in [2.45, 2.75) is 39.0 Å². The van der Waals surface area contributed by atoms with Crippen LogP contribution in [0.4, 0.5) is 17.1 Å². The van der Waals surface area contributed by atoms with Gasteiger partial charge in [0.05, 0.1) is 33.4 Å². The molecule has 2 aromatic heterocycles. The first-order chi connectivity index (χ1) is 30.8. The fourth-order valence-corrected chi connectivity index (χ4v) is 10.5. The zero-order valence-electron chi connectivity index (χ0n) is 36.0. The molecule has 1 aliphatic rings. The summed E-state index contributed by atoms with van der Waals surface area (Å²) in [5.74, 6) is 0.347. The van der Waals surface area contributed by atoms with Gasteiger partial charge in [-0.25, -0.2) is 0 Å². The second kappa shape index (κ2) is 14.2. The van der Waals surface area contributed by atoms with Gasteiger partial charge in [-0.15, -0.1) is 0 Å². The Bertz CT molecular complexity index is 3520. The van der Waals surface area contributed by atoms with Crippen molar-refractivity contribution in [3.63, 3.8) is 0 Å². The van der Waals surface area contributed by atoms with Crippen molar-refractivity contribution in [2.24, 2.45) is 0 Å². The molecule has 3 heterocycles. The number of aromatic nitrogens is 2. The summed E-state index contributed by atoms with van der Waals surface area (Å²) in [4.78, 5) is 2.53. The van der Waals surface area contributed by atoms with E-state index < -0.39 is 0 Å². The van der Waals surface area contributed by atoms with Crippen LogP contribution in [0.3, 0.4) is 0 Å². The van der Waals surface area contributed by atoms with Crippen molar-refractivity contribution in [1.82, 2.24) is 9.13 Å². The molecule has 12 rings (SSSR count). The number of anilines is 3. The number of fused-ring (bicyclic) bond motifs is 8. The van der Waals surface area contributed by atoms with Crippen LogP contribution in [0.15, 0.2) is 206 Å². The molecule has 3 heteroatoms. The van der Waals surface area contributed by atoms with Crippen LogP contribution >= 0.6 is 0 Å². The van der Waals surface area contributed by atoms with Gasteiger partial charge in [0.2, 0.25) is 0 Å². The number of hydrogen-bond donors (Lipinski definition) is 0. The Hall–Kier alpha value is -7.62. The zero-order valence-corrected chi connectivity index (χ0v) is 36.0. The van der Waals surface area contributed by atoms with Crippen molar-refractivity contribution >= 4 is 60.7 Å². The third-order valence-electron chi connectivity index (χ3n) is 13.7. The van der Waals surface area contributed by atoms with E-state index in [0.29, 0.717) is 5.92 Å². The number of benzene rings is 9. The Morgan fingerprint density at radius 2 is 0.857 bits per heavy atom. The molecule has 9 aromatic carbocycles. The minimum atomic E-state index is -0.335. The van der Waals surface area contributed by atoms with Crippen LogP contribution in [-0.4, -0.2) is 9.13 Å². The molecular formula is C60H47N3. The normalized spacial score (nSPS) is 13.3. The molecular weight excluding hydrogens is 763 g/mol. The predicted octanol–water partition coefficient (Wildman–Crippen LogP) is 16.4. The van der Waals surface area contributed by atoms with Crippen LogP contribution in [0.1, 0.15) is 50.3 Å². The summed E-state index contributed by atoms with van der Waals surface area (Å²) >= 11 is 0. The summed E-state index contributed by atoms with van der Waals surface area (Å²) in [7, 11) is 0. The summed E-state index contributed by atoms with van der Waals surface area (Å²) in [5, 5.41) is 5.05. The minimum Gasteiger partial charge on any atom is -0.310 e. The highest BCUT2D eigenvalue weighted by atomic mass is 15.2. The van der Waals surface area contributed by atoms with E-state index in [2.05, 4.69) is 248 Å². The molecule has 0 saturated carbocycles. The Labute approximate surface area is 368 Å². The predicted molar refractivity (Wildman–Crippen MR) is 267 cm³/mol. The van der Waals surface area contributed by atoms with E-state index in [4.69, 9.17) is 0 Å². The van der Waals surface area contributed by atoms with Crippen molar-refractivity contribution in [3.8, 4) is 33.6 Å². The standard InChI is InChI=1S/C60H47N3/c1-39(2)47-24-16-25-49-51-36-57-53(37-55(51)63(59(47)49)46-33-29-43(30-34-46)41-19-10-6-11-20-41)60(3,4)52-35-50-48-23-14-15-26-54(48)61(45-31-27-42(28-32-45)40-17-8-5-9-18-40)56(50)38-58(52)62(57)44-21-12-7-13-22-44/h5-39H,1-4H3. The lowest BCUT2D eigenvalue weighted by Crippen LogP contribution is -2.30. The van der Waals surface area contributed by atoms with Crippen LogP contribution in [0, 0.1) is 0 Å². The summed E-state index contributed by atoms with van der Waals surface area (Å²) in [6.07, 6.45) is 0. The SMILES string of the molecule is CC(C)c1cccc2c3cc4c(cc3n(-c3ccc(-c5ccccc5)cc3)c12)C(C)(C)c1cc2c3ccccc3n(-c3ccc(-c5ccccc5)cc3)c2cc1N4c1ccccc1. The van der Waals surface area contributed by atoms with E-state index in [1.807, 2.05) is 0 Å². The summed E-state index contributed by atoms with van der Waals surface area (Å²) in [5.41, 5.74) is 19.3. The van der Waals surface area contributed by atoms with Crippen molar-refractivity contribution in [2.75, 3.05) is 4.90 Å². The molecule has 0 saturated heterocycles. The van der Waals surface area contributed by atoms with Crippen LogP contribution in [0.5, 0.6) is 0 Å². The number of hydrogen-bond acceptors (Lipinski definition) is 1. The minimum absolute atomic E-state index is 0.335. The molecule has 0 amide bonds. The highest BCUT2D eigenvalue weighted by Crippen LogP contribution is 2.55. The molecule has 0 spiro atoms. The molecule has 0 atom stereocenters. The molecule has 0 bridgehead atoms. The van der Waals surface area contributed by atoms with Gasteiger partial charge in [0.15, 0.2) is 0 Å². The quantitative estimate of drug-likeness (QED) is 0.163. The van der Waals surface area contributed by atoms with E-state index in [0.717, 1.165) is 11.4 Å². The third-order valence-corrected chi connectivity index (χ3v) is 13.7. The van der Waals surface area contributed by atoms with Crippen molar-refractivity contribution in [3.05, 3.63) is 223 Å². The average Bonchev–Trinajstić information content (AvgIpc) is 3.83. The molecule has 1 aliphatic heterocycles. The van der Waals surface area contributed by atoms with Gasteiger partial charge in [0.1, 0.15) is 0 Å². The van der Waals surface area contributed by atoms with Crippen molar-refractivity contribution in [1.29, 1.82) is 0 Å². The van der Waals surface area contributed by atoms with Gasteiger partial charge >= 0.3 is 0 Å². The Kier molecular flexibility index (Phi) is 8.39. The van der Waals surface area contributed by atoms with Gasteiger partial charge in [0, 0.05) is 44.0 Å². The smallest absolute Gasteiger partial charge is 0.0575 e. The number of nitrogens with zero attached hydrogens (tertiary/aromatic N) is 3. The summed E-state index contributed by atoms with van der Waals surface area (Å²) in [6.45, 7) is 9.48. The van der Waals surface area contributed by atoms with Gasteiger partial charge in [-0.2, -0.15) is 0 Å². The molecule has 0 fully saturated rings. The van der Waals surface area contributed by atoms with Gasteiger partial charge in [-0.1, -0.05) is 167 Å². The number of rotatable bonds is 6. The summed E-state index contributed by atoms with van der Waals surface area (Å²) < 4.78 is 4.99. The lowest BCUT2D eigenvalue weighted by atomic mass is 9.72. The molecule has 0 unspecified atom stereocenters. The molecule has 63 heavy (non-hydrogen) atoms. The maximum atomic E-state index is 2.54. The van der Waals surface area contributed by atoms with Crippen LogP contribution in [0.2, 0.25) is 0 Å². The third kappa shape index (κ3) is 5.73. The largest absolute Gasteiger partial charge is 0.310 e. The van der Waals surface area contributed by atoms with E-state index in [-0.39, 0.29) is 5.41 Å². The van der Waals surface area contributed by atoms with Gasteiger partial charge in [-0.05, 0) is 112 Å². The van der Waals surface area contributed by atoms with Gasteiger partial charge < -0.3 is 14.0 Å². The first-order valence-corrected chi connectivity index (χ1v) is 22.2. The fraction of sp³-hybridized carbons (Fsp3) is 0.100. The average molecular weight is 810 g/mol. The lowest BCUT2D eigenvalue weighted by molar-refractivity contribution is 0.633. The van der Waals surface area contributed by atoms with Gasteiger partial charge in [0.25, 0.3) is 0 Å². The first kappa shape index (κ1) is 37.2. The molecule has 11 aromatic rings. The molecule has 302 valence electrons. The van der Waals surface area contributed by atoms with Crippen molar-refractivity contribution < 1.29 is 0 Å². The molecule has 3 nitrogen and oxygen atoms in total. The molecule has 0 radical (unpaired) electrons. The van der Waals surface area contributed by atoms with E-state index in [1.54, 1.807) is 0 Å². The van der Waals surface area contributed by atoms with E-state index in [1.165, 1.54) is 99.6 Å². The zero-order chi connectivity index (χ0) is 42.4. The highest BCUT2D eigenvalue weighted by molar-refractivity contribution is 6.14. The molecule has 0 aliphatic carbocycles. The van der Waals surface area contributed by atoms with Crippen LogP contribution in [-0.2, 0) is 5.41 Å². The first-order valence-electron chi connectivity index (χ1n) is 22.2. The van der Waals surface area contributed by atoms with Crippen LogP contribution < -0.4 is 4.90 Å².